The molecule has 1 atom stereocenters. The van der Waals surface area contributed by atoms with Crippen molar-refractivity contribution in [3.05, 3.63) is 69.7 Å². The normalized spacial score (nSPS) is 15.2. The number of nitrogens with one attached hydrogen (secondary N) is 1. The van der Waals surface area contributed by atoms with Gasteiger partial charge in [0.1, 0.15) is 6.04 Å². The Morgan fingerprint density at radius 2 is 1.72 bits per heavy atom. The second-order valence-corrected chi connectivity index (χ2v) is 9.46. The Kier molecular flexibility index (Phi) is 8.75. The number of rotatable bonds is 8. The molecule has 1 fully saturated rings. The number of benzene rings is 2. The summed E-state index contributed by atoms with van der Waals surface area (Å²) < 4.78 is 0. The fraction of sp³-hybridized carbons (Fsp3) is 0.481. The molecule has 2 aromatic carbocycles. The van der Waals surface area contributed by atoms with Gasteiger partial charge in [-0.3, -0.25) is 9.59 Å². The molecular formula is C27H35ClN2O2. The van der Waals surface area contributed by atoms with Crippen LogP contribution in [0.1, 0.15) is 67.7 Å². The molecule has 0 radical (unpaired) electrons. The molecule has 2 aromatic rings. The van der Waals surface area contributed by atoms with Gasteiger partial charge in [-0.2, -0.15) is 0 Å². The van der Waals surface area contributed by atoms with E-state index in [0.717, 1.165) is 47.9 Å². The van der Waals surface area contributed by atoms with Crippen LogP contribution in [0.4, 0.5) is 0 Å². The predicted octanol–water partition coefficient (Wildman–Crippen LogP) is 5.76. The van der Waals surface area contributed by atoms with E-state index in [1.807, 2.05) is 57.2 Å². The molecule has 4 nitrogen and oxygen atoms in total. The summed E-state index contributed by atoms with van der Waals surface area (Å²) >= 11 is 6.42. The first kappa shape index (κ1) is 24.3. The smallest absolute Gasteiger partial charge is 0.243 e. The Bertz CT molecular complexity index is 917. The summed E-state index contributed by atoms with van der Waals surface area (Å²) in [7, 11) is 0. The second kappa shape index (κ2) is 11.5. The molecular weight excluding hydrogens is 420 g/mol. The molecule has 0 bridgehead atoms. The summed E-state index contributed by atoms with van der Waals surface area (Å²) in [6, 6.07) is 13.4. The van der Waals surface area contributed by atoms with Crippen molar-refractivity contribution in [3.8, 4) is 0 Å². The lowest BCUT2D eigenvalue weighted by Gasteiger charge is -2.33. The number of hydrogen-bond acceptors (Lipinski definition) is 2. The van der Waals surface area contributed by atoms with Crippen LogP contribution in [0.15, 0.2) is 42.5 Å². The van der Waals surface area contributed by atoms with Gasteiger partial charge in [-0.25, -0.2) is 0 Å². The largest absolute Gasteiger partial charge is 0.352 e. The fourth-order valence-corrected chi connectivity index (χ4v) is 4.92. The first-order chi connectivity index (χ1) is 15.4. The molecule has 1 saturated carbocycles. The van der Waals surface area contributed by atoms with Crippen LogP contribution < -0.4 is 5.32 Å². The monoisotopic (exact) mass is 454 g/mol. The molecule has 5 heteroatoms. The molecule has 0 saturated heterocycles. The van der Waals surface area contributed by atoms with Gasteiger partial charge in [0, 0.05) is 17.6 Å². The Labute approximate surface area is 197 Å². The van der Waals surface area contributed by atoms with Gasteiger partial charge in [0.2, 0.25) is 11.8 Å². The highest BCUT2D eigenvalue weighted by molar-refractivity contribution is 6.31. The fourth-order valence-electron chi connectivity index (χ4n) is 4.72. The molecule has 3 rings (SSSR count). The minimum absolute atomic E-state index is 0.0550. The van der Waals surface area contributed by atoms with E-state index in [2.05, 4.69) is 11.4 Å². The number of aryl methyl sites for hydroxylation is 2. The van der Waals surface area contributed by atoms with Crippen molar-refractivity contribution in [3.63, 3.8) is 0 Å². The molecule has 1 N–H and O–H groups in total. The van der Waals surface area contributed by atoms with Crippen molar-refractivity contribution < 1.29 is 9.59 Å². The number of carbonyl (C=O) groups excluding carboxylic acids is 2. The average molecular weight is 455 g/mol. The minimum Gasteiger partial charge on any atom is -0.352 e. The van der Waals surface area contributed by atoms with Crippen molar-refractivity contribution in [2.24, 2.45) is 0 Å². The van der Waals surface area contributed by atoms with E-state index < -0.39 is 6.04 Å². The Balaban J connectivity index is 1.84. The highest BCUT2D eigenvalue weighted by Crippen LogP contribution is 2.22. The Hall–Kier alpha value is -2.33. The van der Waals surface area contributed by atoms with Gasteiger partial charge >= 0.3 is 0 Å². The van der Waals surface area contributed by atoms with Crippen molar-refractivity contribution in [1.29, 1.82) is 0 Å². The van der Waals surface area contributed by atoms with Crippen LogP contribution in [0.2, 0.25) is 5.02 Å². The van der Waals surface area contributed by atoms with Crippen LogP contribution >= 0.6 is 11.6 Å². The van der Waals surface area contributed by atoms with Crippen molar-refractivity contribution in [2.75, 3.05) is 0 Å². The van der Waals surface area contributed by atoms with Gasteiger partial charge in [-0.15, -0.1) is 0 Å². The summed E-state index contributed by atoms with van der Waals surface area (Å²) in [4.78, 5) is 28.6. The molecule has 2 amide bonds. The van der Waals surface area contributed by atoms with Crippen LogP contribution in [0.5, 0.6) is 0 Å². The third kappa shape index (κ3) is 6.59. The standard InChI is InChI=1S/C27H35ClN2O2/c1-4-25(27(32)29-23-11-6-5-7-12-23)30(18-22-10-8-9-13-24(22)28)26(31)17-21-15-19(2)14-20(3)16-21/h8-10,13-16,23,25H,4-7,11-12,17-18H2,1-3H3,(H,29,32). The summed E-state index contributed by atoms with van der Waals surface area (Å²) in [6.45, 7) is 6.36. The Morgan fingerprint density at radius 1 is 1.06 bits per heavy atom. The van der Waals surface area contributed by atoms with Gasteiger partial charge in [0.15, 0.2) is 0 Å². The van der Waals surface area contributed by atoms with Gasteiger partial charge < -0.3 is 10.2 Å². The van der Waals surface area contributed by atoms with Crippen LogP contribution in [-0.2, 0) is 22.6 Å². The molecule has 172 valence electrons. The zero-order valence-corrected chi connectivity index (χ0v) is 20.3. The first-order valence-electron chi connectivity index (χ1n) is 11.8. The third-order valence-corrected chi connectivity index (χ3v) is 6.64. The molecule has 0 spiro atoms. The summed E-state index contributed by atoms with van der Waals surface area (Å²) in [5.74, 6) is -0.110. The van der Waals surface area contributed by atoms with Gasteiger partial charge in [-0.1, -0.05) is 85.3 Å². The van der Waals surface area contributed by atoms with Crippen LogP contribution in [0, 0.1) is 13.8 Å². The van der Waals surface area contributed by atoms with E-state index in [9.17, 15) is 9.59 Å². The molecule has 32 heavy (non-hydrogen) atoms. The molecule has 0 heterocycles. The summed E-state index contributed by atoms with van der Waals surface area (Å²) in [5.41, 5.74) is 4.09. The number of amides is 2. The second-order valence-electron chi connectivity index (χ2n) is 9.05. The number of halogens is 1. The molecule has 1 aliphatic carbocycles. The van der Waals surface area contributed by atoms with Gasteiger partial charge in [-0.05, 0) is 50.3 Å². The maximum absolute atomic E-state index is 13.6. The van der Waals surface area contributed by atoms with Crippen molar-refractivity contribution in [2.45, 2.75) is 84.3 Å². The van der Waals surface area contributed by atoms with Gasteiger partial charge in [0.05, 0.1) is 6.42 Å². The summed E-state index contributed by atoms with van der Waals surface area (Å²) in [5, 5.41) is 3.83. The lowest BCUT2D eigenvalue weighted by molar-refractivity contribution is -0.141. The number of nitrogens with zero attached hydrogens (tertiary/aromatic N) is 1. The van der Waals surface area contributed by atoms with E-state index in [-0.39, 0.29) is 24.3 Å². The highest BCUT2D eigenvalue weighted by Gasteiger charge is 2.30. The molecule has 1 aliphatic rings. The van der Waals surface area contributed by atoms with E-state index in [0.29, 0.717) is 18.0 Å². The molecule has 0 aliphatic heterocycles. The van der Waals surface area contributed by atoms with E-state index in [1.54, 1.807) is 4.90 Å². The summed E-state index contributed by atoms with van der Waals surface area (Å²) in [6.07, 6.45) is 6.39. The van der Waals surface area contributed by atoms with E-state index in [4.69, 9.17) is 11.6 Å². The zero-order chi connectivity index (χ0) is 23.1. The predicted molar refractivity (Wildman–Crippen MR) is 131 cm³/mol. The highest BCUT2D eigenvalue weighted by atomic mass is 35.5. The number of hydrogen-bond donors (Lipinski definition) is 1. The lowest BCUT2D eigenvalue weighted by atomic mass is 9.95. The van der Waals surface area contributed by atoms with Crippen molar-refractivity contribution in [1.82, 2.24) is 10.2 Å². The van der Waals surface area contributed by atoms with Gasteiger partial charge in [0.25, 0.3) is 0 Å². The molecule has 1 unspecified atom stereocenters. The van der Waals surface area contributed by atoms with Crippen LogP contribution in [0.3, 0.4) is 0 Å². The SMILES string of the molecule is CCC(C(=O)NC1CCCCC1)N(Cc1ccccc1Cl)C(=O)Cc1cc(C)cc(C)c1. The average Bonchev–Trinajstić information content (AvgIpc) is 2.75. The zero-order valence-electron chi connectivity index (χ0n) is 19.5. The number of carbonyl (C=O) groups is 2. The quantitative estimate of drug-likeness (QED) is 0.551. The maximum atomic E-state index is 13.6. The minimum atomic E-state index is -0.522. The van der Waals surface area contributed by atoms with E-state index >= 15 is 0 Å². The Morgan fingerprint density at radius 3 is 2.34 bits per heavy atom. The van der Waals surface area contributed by atoms with Crippen molar-refractivity contribution >= 4 is 23.4 Å². The van der Waals surface area contributed by atoms with Crippen LogP contribution in [-0.4, -0.2) is 28.8 Å². The van der Waals surface area contributed by atoms with E-state index in [1.165, 1.54) is 6.42 Å². The van der Waals surface area contributed by atoms with Crippen LogP contribution in [0.25, 0.3) is 0 Å². The molecule has 0 aromatic heterocycles. The third-order valence-electron chi connectivity index (χ3n) is 6.27. The maximum Gasteiger partial charge on any atom is 0.243 e. The first-order valence-corrected chi connectivity index (χ1v) is 12.2. The lowest BCUT2D eigenvalue weighted by Crippen LogP contribution is -2.52. The topological polar surface area (TPSA) is 49.4 Å².